The molecule has 1 nitrogen and oxygen atoms in total. The van der Waals surface area contributed by atoms with E-state index in [1.54, 1.807) is 6.21 Å². The van der Waals surface area contributed by atoms with Crippen LogP contribution in [0.1, 0.15) is 13.8 Å². The van der Waals surface area contributed by atoms with Crippen LogP contribution in [-0.2, 0) is 0 Å². The number of nitrogens with zero attached hydrogens (tertiary/aromatic N) is 1. The van der Waals surface area contributed by atoms with Gasteiger partial charge in [-0.3, -0.25) is 4.99 Å². The minimum Gasteiger partial charge on any atom is -0.265 e. The van der Waals surface area contributed by atoms with Crippen molar-refractivity contribution in [3.8, 4) is 0 Å². The summed E-state index contributed by atoms with van der Waals surface area (Å²) in [6.07, 6.45) is 13.0. The van der Waals surface area contributed by atoms with Crippen LogP contribution in [0.2, 0.25) is 0 Å². The topological polar surface area (TPSA) is 12.4 Å². The summed E-state index contributed by atoms with van der Waals surface area (Å²) in [5.41, 5.74) is 2.08. The Kier molecular flexibility index (Phi) is 7.06. The first-order chi connectivity index (χ1) is 6.79. The molecule has 0 amide bonds. The average Bonchev–Trinajstić information content (AvgIpc) is 2.21. The molecule has 0 aromatic rings. The van der Waals surface area contributed by atoms with Gasteiger partial charge in [0, 0.05) is 12.4 Å². The fourth-order valence-corrected chi connectivity index (χ4v) is 0.988. The number of hydrogen-bond donors (Lipinski definition) is 0. The molecule has 0 radical (unpaired) electrons. The van der Waals surface area contributed by atoms with Crippen LogP contribution < -0.4 is 0 Å². The maximum atomic E-state index is 3.99. The third-order valence-electron chi connectivity index (χ3n) is 1.56. The summed E-state index contributed by atoms with van der Waals surface area (Å²) in [5.74, 6) is 0. The lowest BCUT2D eigenvalue weighted by Crippen LogP contribution is -1.85. The van der Waals surface area contributed by atoms with Gasteiger partial charge in [0.2, 0.25) is 0 Å². The molecule has 0 aromatic heterocycles. The van der Waals surface area contributed by atoms with Crippen molar-refractivity contribution in [3.63, 3.8) is 0 Å². The van der Waals surface area contributed by atoms with E-state index in [1.807, 2.05) is 44.2 Å². The highest BCUT2D eigenvalue weighted by molar-refractivity contribution is 5.85. The molecule has 0 saturated heterocycles. The molecule has 0 aliphatic carbocycles. The summed E-state index contributed by atoms with van der Waals surface area (Å²) >= 11 is 0. The predicted octanol–water partition coefficient (Wildman–Crippen LogP) is 3.84. The molecule has 0 bridgehead atoms. The van der Waals surface area contributed by atoms with Crippen molar-refractivity contribution in [1.29, 1.82) is 0 Å². The number of hydrogen-bond acceptors (Lipinski definition) is 1. The fourth-order valence-electron chi connectivity index (χ4n) is 0.988. The van der Waals surface area contributed by atoms with Crippen molar-refractivity contribution >= 4 is 6.21 Å². The molecule has 0 heterocycles. The van der Waals surface area contributed by atoms with E-state index in [0.717, 1.165) is 11.1 Å². The molecule has 74 valence electrons. The van der Waals surface area contributed by atoms with Gasteiger partial charge in [0.05, 0.1) is 0 Å². The molecule has 1 heteroatoms. The molecule has 0 aliphatic heterocycles. The summed E-state index contributed by atoms with van der Waals surface area (Å²) in [7, 11) is 0. The van der Waals surface area contributed by atoms with Crippen molar-refractivity contribution in [3.05, 3.63) is 60.9 Å². The normalized spacial score (nSPS) is 13.9. The van der Waals surface area contributed by atoms with Crippen LogP contribution in [0.3, 0.4) is 0 Å². The van der Waals surface area contributed by atoms with Gasteiger partial charge in [-0.15, -0.1) is 0 Å². The number of aliphatic imine (C=N–C) groups is 1. The first-order valence-electron chi connectivity index (χ1n) is 4.56. The Balaban J connectivity index is 5.17. The summed E-state index contributed by atoms with van der Waals surface area (Å²) in [6, 6.07) is 0. The summed E-state index contributed by atoms with van der Waals surface area (Å²) in [5, 5.41) is 0. The second kappa shape index (κ2) is 7.99. The summed E-state index contributed by atoms with van der Waals surface area (Å²) < 4.78 is 0. The third kappa shape index (κ3) is 4.41. The van der Waals surface area contributed by atoms with E-state index in [1.165, 1.54) is 6.20 Å². The van der Waals surface area contributed by atoms with Crippen molar-refractivity contribution in [1.82, 2.24) is 0 Å². The van der Waals surface area contributed by atoms with Gasteiger partial charge in [0.1, 0.15) is 0 Å². The monoisotopic (exact) mass is 187 g/mol. The molecule has 0 aliphatic rings. The smallest absolute Gasteiger partial charge is 0.0345 e. The molecule has 0 saturated carbocycles. The molecule has 14 heavy (non-hydrogen) atoms. The lowest BCUT2D eigenvalue weighted by Gasteiger charge is -1.98. The Bertz CT molecular complexity index is 301. The minimum absolute atomic E-state index is 1.03. The lowest BCUT2D eigenvalue weighted by atomic mass is 10.1. The average molecular weight is 187 g/mol. The van der Waals surface area contributed by atoms with E-state index in [-0.39, 0.29) is 0 Å². The second-order valence-corrected chi connectivity index (χ2v) is 2.58. The van der Waals surface area contributed by atoms with E-state index < -0.39 is 0 Å². The van der Waals surface area contributed by atoms with Crippen LogP contribution in [0.15, 0.2) is 65.9 Å². The Morgan fingerprint density at radius 2 is 1.57 bits per heavy atom. The Morgan fingerprint density at radius 3 is 2.00 bits per heavy atom. The van der Waals surface area contributed by atoms with Crippen LogP contribution in [0, 0.1) is 0 Å². The Labute approximate surface area is 86.6 Å². The fraction of sp³-hybridized carbons (Fsp3) is 0.154. The standard InChI is InChI=1S/C13H17N/c1-5-9-12(7-3)13(10-6-2)11-14-8-4/h5-11H,3-4H2,1-2H3/b9-5-,10-6-,13-12+,14-11-. The van der Waals surface area contributed by atoms with Crippen molar-refractivity contribution in [2.75, 3.05) is 0 Å². The van der Waals surface area contributed by atoms with Crippen LogP contribution in [0.4, 0.5) is 0 Å². The van der Waals surface area contributed by atoms with Crippen LogP contribution in [0.25, 0.3) is 0 Å². The van der Waals surface area contributed by atoms with Gasteiger partial charge in [-0.05, 0) is 25.0 Å². The first-order valence-corrected chi connectivity index (χ1v) is 4.56. The molecule has 0 aromatic carbocycles. The second-order valence-electron chi connectivity index (χ2n) is 2.58. The van der Waals surface area contributed by atoms with Gasteiger partial charge >= 0.3 is 0 Å². The van der Waals surface area contributed by atoms with E-state index >= 15 is 0 Å². The Hall–Kier alpha value is -1.63. The first kappa shape index (κ1) is 12.4. The van der Waals surface area contributed by atoms with E-state index in [2.05, 4.69) is 18.2 Å². The van der Waals surface area contributed by atoms with Crippen LogP contribution in [0.5, 0.6) is 0 Å². The highest BCUT2D eigenvalue weighted by Crippen LogP contribution is 2.07. The van der Waals surface area contributed by atoms with Crippen molar-refractivity contribution < 1.29 is 0 Å². The third-order valence-corrected chi connectivity index (χ3v) is 1.56. The summed E-state index contributed by atoms with van der Waals surface area (Å²) in [6.45, 7) is 11.2. The maximum Gasteiger partial charge on any atom is 0.0345 e. The van der Waals surface area contributed by atoms with Crippen molar-refractivity contribution in [2.24, 2.45) is 4.99 Å². The highest BCUT2D eigenvalue weighted by Gasteiger charge is 1.92. The van der Waals surface area contributed by atoms with E-state index in [4.69, 9.17) is 0 Å². The largest absolute Gasteiger partial charge is 0.265 e. The molecule has 0 fully saturated rings. The molecule has 0 unspecified atom stereocenters. The zero-order chi connectivity index (χ0) is 10.8. The van der Waals surface area contributed by atoms with Gasteiger partial charge in [-0.2, -0.15) is 0 Å². The van der Waals surface area contributed by atoms with E-state index in [0.29, 0.717) is 0 Å². The van der Waals surface area contributed by atoms with Gasteiger partial charge < -0.3 is 0 Å². The molecular weight excluding hydrogens is 170 g/mol. The number of rotatable bonds is 5. The molecule has 0 atom stereocenters. The van der Waals surface area contributed by atoms with Crippen LogP contribution in [-0.4, -0.2) is 6.21 Å². The molecule has 0 spiro atoms. The van der Waals surface area contributed by atoms with Crippen molar-refractivity contribution in [2.45, 2.75) is 13.8 Å². The zero-order valence-electron chi connectivity index (χ0n) is 8.90. The zero-order valence-corrected chi connectivity index (χ0v) is 8.90. The summed E-state index contributed by atoms with van der Waals surface area (Å²) in [4.78, 5) is 3.99. The molecular formula is C13H17N. The SMILES string of the molecule is C=C\N=C/C(/C=C\C)=C(C=C)/C=C\C. The number of allylic oxidation sites excluding steroid dienone is 7. The lowest BCUT2D eigenvalue weighted by molar-refractivity contribution is 1.54. The maximum absolute atomic E-state index is 3.99. The van der Waals surface area contributed by atoms with Gasteiger partial charge in [0.15, 0.2) is 0 Å². The molecule has 0 N–H and O–H groups in total. The predicted molar refractivity (Wildman–Crippen MR) is 65.5 cm³/mol. The quantitative estimate of drug-likeness (QED) is 0.458. The van der Waals surface area contributed by atoms with Crippen LogP contribution >= 0.6 is 0 Å². The molecule has 0 rings (SSSR count). The van der Waals surface area contributed by atoms with Gasteiger partial charge in [-0.25, -0.2) is 0 Å². The van der Waals surface area contributed by atoms with Gasteiger partial charge in [-0.1, -0.05) is 43.5 Å². The van der Waals surface area contributed by atoms with E-state index in [9.17, 15) is 0 Å². The Morgan fingerprint density at radius 1 is 1.00 bits per heavy atom. The highest BCUT2D eigenvalue weighted by atomic mass is 14.7. The van der Waals surface area contributed by atoms with Gasteiger partial charge in [0.25, 0.3) is 0 Å². The minimum atomic E-state index is 1.03.